The van der Waals surface area contributed by atoms with E-state index in [0.717, 1.165) is 20.2 Å². The molecular weight excluding hydrogens is 515 g/mol. The summed E-state index contributed by atoms with van der Waals surface area (Å²) in [4.78, 5) is 4.42. The molecule has 0 radical (unpaired) electrons. The molecule has 8 heteroatoms. The van der Waals surface area contributed by atoms with Crippen LogP contribution in [0.4, 0.5) is 4.39 Å². The Kier molecular flexibility index (Phi) is 5.70. The molecule has 0 saturated heterocycles. The fourth-order valence-corrected chi connectivity index (χ4v) is 3.73. The molecule has 2 aromatic carbocycles. The normalized spacial score (nSPS) is 11.1. The zero-order chi connectivity index (χ0) is 19.7. The van der Waals surface area contributed by atoms with Gasteiger partial charge in [-0.15, -0.1) is 0 Å². The fraction of sp³-hybridized carbons (Fsp3) is 0.100. The van der Waals surface area contributed by atoms with E-state index in [0.29, 0.717) is 27.9 Å². The van der Waals surface area contributed by atoms with Crippen LogP contribution in [0.3, 0.4) is 0 Å². The molecule has 2 heterocycles. The molecular formula is C20H13Cl2FIN3O. The first kappa shape index (κ1) is 19.4. The van der Waals surface area contributed by atoms with Gasteiger partial charge in [0, 0.05) is 30.9 Å². The number of aromatic nitrogens is 3. The summed E-state index contributed by atoms with van der Waals surface area (Å²) < 4.78 is 22.8. The quantitative estimate of drug-likeness (QED) is 0.294. The largest absolute Gasteiger partial charge is 0.488 e. The summed E-state index contributed by atoms with van der Waals surface area (Å²) in [5.74, 6) is 0.202. The van der Waals surface area contributed by atoms with Crippen LogP contribution in [0.5, 0.6) is 5.75 Å². The van der Waals surface area contributed by atoms with Crippen molar-refractivity contribution in [2.75, 3.05) is 0 Å². The molecule has 28 heavy (non-hydrogen) atoms. The van der Waals surface area contributed by atoms with Gasteiger partial charge in [-0.1, -0.05) is 29.3 Å². The third kappa shape index (κ3) is 4.09. The van der Waals surface area contributed by atoms with E-state index < -0.39 is 5.82 Å². The first-order valence-electron chi connectivity index (χ1n) is 8.32. The number of hydrogen-bond acceptors (Lipinski definition) is 3. The number of hydrogen-bond donors (Lipinski definition) is 0. The number of halogens is 4. The molecule has 0 aliphatic rings. The Bertz CT molecular complexity index is 1170. The lowest BCUT2D eigenvalue weighted by atomic mass is 10.2. The fourth-order valence-electron chi connectivity index (χ4n) is 2.83. The molecule has 142 valence electrons. The van der Waals surface area contributed by atoms with Crippen LogP contribution in [-0.2, 0) is 13.2 Å². The second kappa shape index (κ2) is 8.23. The van der Waals surface area contributed by atoms with Crippen molar-refractivity contribution in [2.45, 2.75) is 13.2 Å². The number of fused-ring (bicyclic) bond motifs is 1. The van der Waals surface area contributed by atoms with E-state index in [-0.39, 0.29) is 6.61 Å². The van der Waals surface area contributed by atoms with Crippen molar-refractivity contribution in [3.05, 3.63) is 85.4 Å². The van der Waals surface area contributed by atoms with Gasteiger partial charge in [-0.2, -0.15) is 5.10 Å². The van der Waals surface area contributed by atoms with Crippen LogP contribution in [0.25, 0.3) is 11.0 Å². The predicted octanol–water partition coefficient (Wildman–Crippen LogP) is 6.11. The van der Waals surface area contributed by atoms with E-state index in [2.05, 4.69) is 32.7 Å². The number of pyridine rings is 1. The highest BCUT2D eigenvalue weighted by atomic mass is 127. The predicted molar refractivity (Wildman–Crippen MR) is 117 cm³/mol. The number of nitrogens with zero attached hydrogens (tertiary/aromatic N) is 3. The Morgan fingerprint density at radius 2 is 1.82 bits per heavy atom. The first-order valence-corrected chi connectivity index (χ1v) is 10.2. The molecule has 0 saturated carbocycles. The van der Waals surface area contributed by atoms with Crippen molar-refractivity contribution in [2.24, 2.45) is 0 Å². The van der Waals surface area contributed by atoms with Crippen LogP contribution in [0, 0.1) is 9.39 Å². The highest BCUT2D eigenvalue weighted by Crippen LogP contribution is 2.27. The van der Waals surface area contributed by atoms with Crippen molar-refractivity contribution in [3.63, 3.8) is 0 Å². The van der Waals surface area contributed by atoms with Crippen LogP contribution < -0.4 is 4.74 Å². The van der Waals surface area contributed by atoms with Crippen molar-refractivity contribution < 1.29 is 9.13 Å². The molecule has 0 spiro atoms. The summed E-state index contributed by atoms with van der Waals surface area (Å²) in [5, 5.41) is 6.35. The molecule has 4 nitrogen and oxygen atoms in total. The molecule has 0 atom stereocenters. The summed E-state index contributed by atoms with van der Waals surface area (Å²) in [7, 11) is 0. The maximum Gasteiger partial charge on any atom is 0.159 e. The van der Waals surface area contributed by atoms with Gasteiger partial charge in [-0.25, -0.2) is 14.1 Å². The van der Waals surface area contributed by atoms with Gasteiger partial charge in [0.15, 0.2) is 5.65 Å². The molecule has 0 N–H and O–H groups in total. The zero-order valence-electron chi connectivity index (χ0n) is 14.4. The van der Waals surface area contributed by atoms with Gasteiger partial charge in [0.1, 0.15) is 18.2 Å². The standard InChI is InChI=1S/C20H13Cl2FIN3O/c21-14-3-4-19(28-11-12-1-2-15(22)8-17(12)23)13(7-14)10-27-20-16(9-26-27)18(24)5-6-25-20/h1-9H,10-11H2. The van der Waals surface area contributed by atoms with Gasteiger partial charge < -0.3 is 4.74 Å². The van der Waals surface area contributed by atoms with Crippen molar-refractivity contribution >= 4 is 56.8 Å². The molecule has 4 rings (SSSR count). The Morgan fingerprint density at radius 1 is 1.04 bits per heavy atom. The topological polar surface area (TPSA) is 39.9 Å². The van der Waals surface area contributed by atoms with Gasteiger partial charge >= 0.3 is 0 Å². The molecule has 2 aromatic heterocycles. The lowest BCUT2D eigenvalue weighted by Gasteiger charge is -2.13. The van der Waals surface area contributed by atoms with E-state index in [1.165, 1.54) is 6.07 Å². The van der Waals surface area contributed by atoms with Crippen LogP contribution in [-0.4, -0.2) is 14.8 Å². The molecule has 0 bridgehead atoms. The maximum atomic E-state index is 14.0. The van der Waals surface area contributed by atoms with Crippen molar-refractivity contribution in [1.29, 1.82) is 0 Å². The van der Waals surface area contributed by atoms with Gasteiger partial charge in [-0.05, 0) is 59.0 Å². The average molecular weight is 528 g/mol. The van der Waals surface area contributed by atoms with E-state index in [9.17, 15) is 4.39 Å². The van der Waals surface area contributed by atoms with Crippen LogP contribution in [0.15, 0.2) is 54.9 Å². The SMILES string of the molecule is Fc1cc(Cl)ccc1COc1ccc(Cl)cc1Cn1ncc2c(I)ccnc21. The molecule has 0 aliphatic carbocycles. The number of benzene rings is 2. The lowest BCUT2D eigenvalue weighted by molar-refractivity contribution is 0.296. The Labute approximate surface area is 184 Å². The second-order valence-electron chi connectivity index (χ2n) is 6.11. The first-order chi connectivity index (χ1) is 13.5. The summed E-state index contributed by atoms with van der Waals surface area (Å²) >= 11 is 14.2. The van der Waals surface area contributed by atoms with E-state index >= 15 is 0 Å². The second-order valence-corrected chi connectivity index (χ2v) is 8.14. The van der Waals surface area contributed by atoms with E-state index in [1.807, 2.05) is 12.1 Å². The third-order valence-corrected chi connectivity index (χ3v) is 5.64. The minimum Gasteiger partial charge on any atom is -0.488 e. The molecule has 4 aromatic rings. The Hall–Kier alpha value is -1.90. The van der Waals surface area contributed by atoms with Gasteiger partial charge in [-0.3, -0.25) is 0 Å². The van der Waals surface area contributed by atoms with Crippen LogP contribution >= 0.6 is 45.8 Å². The van der Waals surface area contributed by atoms with E-state index in [1.54, 1.807) is 41.3 Å². The lowest BCUT2D eigenvalue weighted by Crippen LogP contribution is -2.06. The van der Waals surface area contributed by atoms with Crippen molar-refractivity contribution in [1.82, 2.24) is 14.8 Å². The average Bonchev–Trinajstić information content (AvgIpc) is 3.07. The number of ether oxygens (including phenoxy) is 1. The minimum absolute atomic E-state index is 0.0770. The third-order valence-electron chi connectivity index (χ3n) is 4.23. The summed E-state index contributed by atoms with van der Waals surface area (Å²) in [6.45, 7) is 0.503. The summed E-state index contributed by atoms with van der Waals surface area (Å²) in [5.41, 5.74) is 2.03. The Balaban J connectivity index is 1.62. The zero-order valence-corrected chi connectivity index (χ0v) is 18.0. The van der Waals surface area contributed by atoms with Gasteiger partial charge in [0.25, 0.3) is 0 Å². The smallest absolute Gasteiger partial charge is 0.159 e. The molecule has 0 unspecified atom stereocenters. The van der Waals surface area contributed by atoms with Crippen LogP contribution in [0.2, 0.25) is 10.0 Å². The van der Waals surface area contributed by atoms with Crippen LogP contribution in [0.1, 0.15) is 11.1 Å². The molecule has 0 amide bonds. The Morgan fingerprint density at radius 3 is 2.64 bits per heavy atom. The van der Waals surface area contributed by atoms with Gasteiger partial charge in [0.2, 0.25) is 0 Å². The monoisotopic (exact) mass is 527 g/mol. The highest BCUT2D eigenvalue weighted by Gasteiger charge is 2.12. The number of rotatable bonds is 5. The van der Waals surface area contributed by atoms with Crippen molar-refractivity contribution in [3.8, 4) is 5.75 Å². The summed E-state index contributed by atoms with van der Waals surface area (Å²) in [6, 6.07) is 11.8. The maximum absolute atomic E-state index is 14.0. The highest BCUT2D eigenvalue weighted by molar-refractivity contribution is 14.1. The van der Waals surface area contributed by atoms with E-state index in [4.69, 9.17) is 27.9 Å². The molecule has 0 fully saturated rings. The van der Waals surface area contributed by atoms with Gasteiger partial charge in [0.05, 0.1) is 18.1 Å². The molecule has 0 aliphatic heterocycles. The summed E-state index contributed by atoms with van der Waals surface area (Å²) in [6.07, 6.45) is 3.54. The minimum atomic E-state index is -0.403.